The number of H-pyrrole nitrogens is 1. The van der Waals surface area contributed by atoms with Crippen LogP contribution in [-0.2, 0) is 10.2 Å². The summed E-state index contributed by atoms with van der Waals surface area (Å²) in [6, 6.07) is 0. The summed E-state index contributed by atoms with van der Waals surface area (Å²) >= 11 is 5.89. The molecule has 0 aliphatic rings. The maximum Gasteiger partial charge on any atom is 0.301 e. The molecule has 0 saturated heterocycles. The molecule has 0 aromatic carbocycles. The van der Waals surface area contributed by atoms with Crippen molar-refractivity contribution in [1.29, 1.82) is 0 Å². The van der Waals surface area contributed by atoms with Crippen molar-refractivity contribution in [2.24, 2.45) is 0 Å². The Hall–Kier alpha value is -1.45. The van der Waals surface area contributed by atoms with Gasteiger partial charge in [0, 0.05) is 5.54 Å². The van der Waals surface area contributed by atoms with Gasteiger partial charge in [0.2, 0.25) is 5.95 Å². The van der Waals surface area contributed by atoms with Crippen molar-refractivity contribution in [1.82, 2.24) is 24.7 Å². The average molecular weight is 305 g/mol. The number of rotatable bonds is 3. The first-order chi connectivity index (χ1) is 8.66. The van der Waals surface area contributed by atoms with E-state index in [1.54, 1.807) is 20.8 Å². The molecule has 0 saturated carbocycles. The topological polar surface area (TPSA) is 113 Å². The van der Waals surface area contributed by atoms with Gasteiger partial charge in [-0.15, -0.1) is 0 Å². The second kappa shape index (κ2) is 4.58. The highest BCUT2D eigenvalue weighted by Crippen LogP contribution is 2.18. The zero-order valence-electron chi connectivity index (χ0n) is 10.5. The highest BCUT2D eigenvalue weighted by molar-refractivity contribution is 7.90. The Bertz CT molecular complexity index is 705. The molecule has 3 N–H and O–H groups in total. The van der Waals surface area contributed by atoms with Crippen LogP contribution in [0.1, 0.15) is 20.8 Å². The first kappa shape index (κ1) is 14.0. The van der Waals surface area contributed by atoms with Crippen molar-refractivity contribution in [2.75, 3.05) is 4.72 Å². The second-order valence-electron chi connectivity index (χ2n) is 4.90. The summed E-state index contributed by atoms with van der Waals surface area (Å²) < 4.78 is 28.3. The van der Waals surface area contributed by atoms with Crippen molar-refractivity contribution < 1.29 is 8.42 Å². The Morgan fingerprint density at radius 3 is 2.63 bits per heavy atom. The first-order valence-corrected chi connectivity index (χ1v) is 7.21. The lowest BCUT2D eigenvalue weighted by Crippen LogP contribution is -2.43. The van der Waals surface area contributed by atoms with Crippen LogP contribution in [0.3, 0.4) is 0 Å². The molecule has 2 heterocycles. The van der Waals surface area contributed by atoms with Crippen LogP contribution in [0.15, 0.2) is 6.33 Å². The van der Waals surface area contributed by atoms with Crippen LogP contribution < -0.4 is 9.44 Å². The number of hydrogen-bond acceptors (Lipinski definition) is 5. The molecule has 0 aliphatic heterocycles. The Morgan fingerprint density at radius 1 is 1.32 bits per heavy atom. The van der Waals surface area contributed by atoms with Crippen LogP contribution in [0.4, 0.5) is 5.95 Å². The van der Waals surface area contributed by atoms with Gasteiger partial charge in [-0.05, 0) is 20.8 Å². The number of hydrogen-bond donors (Lipinski definition) is 3. The van der Waals surface area contributed by atoms with Crippen LogP contribution in [0, 0.1) is 0 Å². The summed E-state index contributed by atoms with van der Waals surface area (Å²) in [4.78, 5) is 14.4. The number of aromatic nitrogens is 4. The molecule has 0 amide bonds. The van der Waals surface area contributed by atoms with E-state index in [0.29, 0.717) is 5.52 Å². The van der Waals surface area contributed by atoms with E-state index >= 15 is 0 Å². The minimum atomic E-state index is -3.78. The smallest absolute Gasteiger partial charge is 0.301 e. The van der Waals surface area contributed by atoms with Crippen LogP contribution >= 0.6 is 11.6 Å². The fourth-order valence-electron chi connectivity index (χ4n) is 1.39. The standard InChI is InChI=1S/C9H13ClN6O2S/c1-9(2,3)16-19(17,18)15-8-13-6(10)5-7(14-8)12-4-11-5/h4,16H,1-3H3,(H2,11,12,13,14,15). The van der Waals surface area contributed by atoms with Gasteiger partial charge in [0.05, 0.1) is 6.33 Å². The predicted octanol–water partition coefficient (Wildman–Crippen LogP) is 1.05. The van der Waals surface area contributed by atoms with Crippen LogP contribution in [0.5, 0.6) is 0 Å². The van der Waals surface area contributed by atoms with Crippen molar-refractivity contribution in [2.45, 2.75) is 26.3 Å². The molecular weight excluding hydrogens is 292 g/mol. The molecular formula is C9H13ClN6O2S. The summed E-state index contributed by atoms with van der Waals surface area (Å²) in [7, 11) is -3.78. The molecule has 0 unspecified atom stereocenters. The van der Waals surface area contributed by atoms with Gasteiger partial charge in [-0.1, -0.05) is 11.6 Å². The van der Waals surface area contributed by atoms with E-state index in [0.717, 1.165) is 0 Å². The molecule has 0 bridgehead atoms. The number of fused-ring (bicyclic) bond motifs is 1. The average Bonchev–Trinajstić information content (AvgIpc) is 2.60. The largest absolute Gasteiger partial charge is 0.341 e. The molecule has 2 aromatic heterocycles. The Balaban J connectivity index is 2.31. The highest BCUT2D eigenvalue weighted by atomic mass is 35.5. The quantitative estimate of drug-likeness (QED) is 0.734. The maximum absolute atomic E-state index is 11.8. The Labute approximate surface area is 115 Å². The summed E-state index contributed by atoms with van der Waals surface area (Å²) in [6.07, 6.45) is 1.40. The number of halogens is 1. The van der Waals surface area contributed by atoms with E-state index in [9.17, 15) is 8.42 Å². The summed E-state index contributed by atoms with van der Waals surface area (Å²) in [5.41, 5.74) is 0.119. The van der Waals surface area contributed by atoms with E-state index in [-0.39, 0.29) is 16.7 Å². The van der Waals surface area contributed by atoms with E-state index in [1.165, 1.54) is 6.33 Å². The SMILES string of the molecule is CC(C)(C)NS(=O)(=O)Nc1nc(Cl)c2[nH]cnc2n1. The van der Waals surface area contributed by atoms with E-state index < -0.39 is 15.7 Å². The number of nitrogens with zero attached hydrogens (tertiary/aromatic N) is 3. The molecule has 0 spiro atoms. The van der Waals surface area contributed by atoms with Gasteiger partial charge in [-0.3, -0.25) is 0 Å². The van der Waals surface area contributed by atoms with Gasteiger partial charge in [-0.25, -0.2) is 9.71 Å². The molecule has 2 rings (SSSR count). The van der Waals surface area contributed by atoms with Gasteiger partial charge in [0.1, 0.15) is 5.52 Å². The van der Waals surface area contributed by atoms with Gasteiger partial charge >= 0.3 is 10.2 Å². The molecule has 0 radical (unpaired) electrons. The third kappa shape index (κ3) is 3.52. The monoisotopic (exact) mass is 304 g/mol. The van der Waals surface area contributed by atoms with Crippen molar-refractivity contribution in [3.05, 3.63) is 11.5 Å². The van der Waals surface area contributed by atoms with E-state index in [2.05, 4.69) is 29.4 Å². The normalized spacial score (nSPS) is 12.8. The fraction of sp³-hybridized carbons (Fsp3) is 0.444. The maximum atomic E-state index is 11.8. The number of anilines is 1. The van der Waals surface area contributed by atoms with E-state index in [4.69, 9.17) is 11.6 Å². The van der Waals surface area contributed by atoms with Crippen LogP contribution in [0.25, 0.3) is 11.2 Å². The van der Waals surface area contributed by atoms with E-state index in [1.807, 2.05) is 0 Å². The first-order valence-electron chi connectivity index (χ1n) is 5.35. The lowest BCUT2D eigenvalue weighted by atomic mass is 10.1. The molecule has 0 atom stereocenters. The molecule has 0 fully saturated rings. The number of imidazole rings is 1. The minimum Gasteiger partial charge on any atom is -0.341 e. The van der Waals surface area contributed by atoms with Gasteiger partial charge in [0.15, 0.2) is 10.8 Å². The van der Waals surface area contributed by atoms with Gasteiger partial charge < -0.3 is 4.98 Å². The molecule has 2 aromatic rings. The zero-order chi connectivity index (χ0) is 14.3. The van der Waals surface area contributed by atoms with Gasteiger partial charge in [0.25, 0.3) is 0 Å². The zero-order valence-corrected chi connectivity index (χ0v) is 12.1. The third-order valence-corrected chi connectivity index (χ3v) is 3.51. The molecule has 104 valence electrons. The lowest BCUT2D eigenvalue weighted by Gasteiger charge is -2.20. The third-order valence-electron chi connectivity index (χ3n) is 1.91. The number of nitrogens with one attached hydrogen (secondary N) is 3. The predicted molar refractivity (Wildman–Crippen MR) is 72.1 cm³/mol. The van der Waals surface area contributed by atoms with Crippen molar-refractivity contribution in [3.8, 4) is 0 Å². The summed E-state index contributed by atoms with van der Waals surface area (Å²) in [6.45, 7) is 5.16. The lowest BCUT2D eigenvalue weighted by molar-refractivity contribution is 0.494. The second-order valence-corrected chi connectivity index (χ2v) is 6.67. The minimum absolute atomic E-state index is 0.0935. The fourth-order valence-corrected chi connectivity index (χ4v) is 2.80. The Morgan fingerprint density at radius 2 is 2.00 bits per heavy atom. The van der Waals surface area contributed by atoms with Crippen LogP contribution in [0.2, 0.25) is 5.15 Å². The molecule has 8 nitrogen and oxygen atoms in total. The molecule has 10 heteroatoms. The number of aromatic amines is 1. The summed E-state index contributed by atoms with van der Waals surface area (Å²) in [5, 5.41) is 0.0935. The molecule has 0 aliphatic carbocycles. The Kier molecular flexibility index (Phi) is 3.37. The van der Waals surface area contributed by atoms with Crippen molar-refractivity contribution >= 4 is 38.9 Å². The summed E-state index contributed by atoms with van der Waals surface area (Å²) in [5.74, 6) is -0.138. The van der Waals surface area contributed by atoms with Crippen molar-refractivity contribution in [3.63, 3.8) is 0 Å². The van der Waals surface area contributed by atoms with Gasteiger partial charge in [-0.2, -0.15) is 23.1 Å². The molecule has 19 heavy (non-hydrogen) atoms. The van der Waals surface area contributed by atoms with Crippen LogP contribution in [-0.4, -0.2) is 33.9 Å². The highest BCUT2D eigenvalue weighted by Gasteiger charge is 2.21.